The zero-order valence-corrected chi connectivity index (χ0v) is 15.3. The second kappa shape index (κ2) is 9.31. The summed E-state index contributed by atoms with van der Waals surface area (Å²) in [6, 6.07) is 3.47. The van der Waals surface area contributed by atoms with Crippen LogP contribution in [-0.4, -0.2) is 30.6 Å². The van der Waals surface area contributed by atoms with Gasteiger partial charge >= 0.3 is 0 Å². The smallest absolute Gasteiger partial charge is 0.191 e. The van der Waals surface area contributed by atoms with Crippen LogP contribution in [0.2, 0.25) is 0 Å². The summed E-state index contributed by atoms with van der Waals surface area (Å²) in [5.74, 6) is -0.851. The van der Waals surface area contributed by atoms with Gasteiger partial charge in [0.15, 0.2) is 17.6 Å². The van der Waals surface area contributed by atoms with Crippen LogP contribution in [0, 0.1) is 25.5 Å². The molecule has 0 radical (unpaired) electrons. The minimum atomic E-state index is -0.921. The molecule has 2 aromatic rings. The number of thiazole rings is 1. The SMILES string of the molecule is CCNC(=NCc1sc(C)nc1C)NCCOc1ccc(F)c(F)c1. The highest BCUT2D eigenvalue weighted by molar-refractivity contribution is 7.11. The summed E-state index contributed by atoms with van der Waals surface area (Å²) in [6.07, 6.45) is 0. The van der Waals surface area contributed by atoms with Crippen LogP contribution in [-0.2, 0) is 6.54 Å². The predicted molar refractivity (Wildman–Crippen MR) is 96.3 cm³/mol. The molecule has 25 heavy (non-hydrogen) atoms. The summed E-state index contributed by atoms with van der Waals surface area (Å²) in [7, 11) is 0. The van der Waals surface area contributed by atoms with E-state index in [1.807, 2.05) is 20.8 Å². The lowest BCUT2D eigenvalue weighted by Gasteiger charge is -2.12. The Hall–Kier alpha value is -2.22. The monoisotopic (exact) mass is 368 g/mol. The summed E-state index contributed by atoms with van der Waals surface area (Å²) in [5, 5.41) is 7.32. The normalized spacial score (nSPS) is 11.5. The molecule has 136 valence electrons. The molecule has 0 atom stereocenters. The van der Waals surface area contributed by atoms with Gasteiger partial charge in [-0.05, 0) is 32.9 Å². The van der Waals surface area contributed by atoms with Gasteiger partial charge in [0, 0.05) is 17.5 Å². The molecule has 1 aromatic heterocycles. The highest BCUT2D eigenvalue weighted by Crippen LogP contribution is 2.18. The highest BCUT2D eigenvalue weighted by atomic mass is 32.1. The number of aliphatic imine (C=N–C) groups is 1. The van der Waals surface area contributed by atoms with E-state index in [-0.39, 0.29) is 0 Å². The van der Waals surface area contributed by atoms with Gasteiger partial charge in [0.1, 0.15) is 12.4 Å². The maximum Gasteiger partial charge on any atom is 0.191 e. The topological polar surface area (TPSA) is 58.5 Å². The largest absolute Gasteiger partial charge is 0.492 e. The first-order valence-corrected chi connectivity index (χ1v) is 8.84. The van der Waals surface area contributed by atoms with Gasteiger partial charge < -0.3 is 15.4 Å². The third-order valence-corrected chi connectivity index (χ3v) is 4.34. The van der Waals surface area contributed by atoms with E-state index in [1.54, 1.807) is 11.3 Å². The number of hydrogen-bond acceptors (Lipinski definition) is 4. The summed E-state index contributed by atoms with van der Waals surface area (Å²) >= 11 is 1.64. The van der Waals surface area contributed by atoms with Gasteiger partial charge in [0.25, 0.3) is 0 Å². The summed E-state index contributed by atoms with van der Waals surface area (Å²) in [5.41, 5.74) is 1.00. The number of halogens is 2. The van der Waals surface area contributed by atoms with Gasteiger partial charge in [0.2, 0.25) is 0 Å². The standard InChI is InChI=1S/C17H22F2N4OS/c1-4-20-17(22-10-16-11(2)23-12(3)25-16)21-7-8-24-13-5-6-14(18)15(19)9-13/h5-6,9H,4,7-8,10H2,1-3H3,(H2,20,21,22). The summed E-state index contributed by atoms with van der Waals surface area (Å²) < 4.78 is 31.4. The number of aromatic nitrogens is 1. The Balaban J connectivity index is 1.83. The molecule has 0 bridgehead atoms. The van der Waals surface area contributed by atoms with Crippen LogP contribution in [0.15, 0.2) is 23.2 Å². The van der Waals surface area contributed by atoms with E-state index < -0.39 is 11.6 Å². The van der Waals surface area contributed by atoms with Crippen molar-refractivity contribution in [2.45, 2.75) is 27.3 Å². The molecular formula is C17H22F2N4OS. The number of aryl methyl sites for hydroxylation is 2. The van der Waals surface area contributed by atoms with Gasteiger partial charge in [-0.15, -0.1) is 11.3 Å². The molecule has 0 amide bonds. The third kappa shape index (κ3) is 5.97. The molecule has 0 spiro atoms. The molecule has 0 aliphatic heterocycles. The fourth-order valence-electron chi connectivity index (χ4n) is 2.12. The van der Waals surface area contributed by atoms with E-state index >= 15 is 0 Å². The number of benzene rings is 1. The number of guanidine groups is 1. The molecule has 2 N–H and O–H groups in total. The van der Waals surface area contributed by atoms with E-state index in [1.165, 1.54) is 6.07 Å². The lowest BCUT2D eigenvalue weighted by atomic mass is 10.3. The first-order chi connectivity index (χ1) is 12.0. The maximum atomic E-state index is 13.1. The Morgan fingerprint density at radius 1 is 1.24 bits per heavy atom. The van der Waals surface area contributed by atoms with E-state index in [0.29, 0.717) is 31.4 Å². The third-order valence-electron chi connectivity index (χ3n) is 3.28. The fourth-order valence-corrected chi connectivity index (χ4v) is 2.98. The lowest BCUT2D eigenvalue weighted by Crippen LogP contribution is -2.39. The molecule has 0 fully saturated rings. The van der Waals surface area contributed by atoms with Crippen molar-refractivity contribution in [1.82, 2.24) is 15.6 Å². The zero-order valence-electron chi connectivity index (χ0n) is 14.5. The first kappa shape index (κ1) is 19.1. The Kier molecular flexibility index (Phi) is 7.12. The molecular weight excluding hydrogens is 346 g/mol. The zero-order chi connectivity index (χ0) is 18.2. The van der Waals surface area contributed by atoms with Crippen molar-refractivity contribution in [3.63, 3.8) is 0 Å². The number of nitrogens with one attached hydrogen (secondary N) is 2. The Labute approximate surface area is 150 Å². The molecule has 0 unspecified atom stereocenters. The molecule has 0 aliphatic rings. The Morgan fingerprint density at radius 2 is 2.04 bits per heavy atom. The van der Waals surface area contributed by atoms with Crippen LogP contribution >= 0.6 is 11.3 Å². The molecule has 8 heteroatoms. The second-order valence-corrected chi connectivity index (χ2v) is 6.58. The minimum Gasteiger partial charge on any atom is -0.492 e. The van der Waals surface area contributed by atoms with Gasteiger partial charge in [-0.25, -0.2) is 18.8 Å². The van der Waals surface area contributed by atoms with E-state index in [4.69, 9.17) is 4.74 Å². The van der Waals surface area contributed by atoms with E-state index in [2.05, 4.69) is 20.6 Å². The first-order valence-electron chi connectivity index (χ1n) is 8.02. The molecule has 0 saturated carbocycles. The second-order valence-electron chi connectivity index (χ2n) is 5.29. The van der Waals surface area contributed by atoms with Gasteiger partial charge in [-0.3, -0.25) is 0 Å². The van der Waals surface area contributed by atoms with Crippen molar-refractivity contribution in [2.75, 3.05) is 19.7 Å². The maximum absolute atomic E-state index is 13.1. The van der Waals surface area contributed by atoms with Crippen LogP contribution in [0.25, 0.3) is 0 Å². The number of rotatable bonds is 7. The van der Waals surface area contributed by atoms with Crippen molar-refractivity contribution >= 4 is 17.3 Å². The summed E-state index contributed by atoms with van der Waals surface area (Å²) in [6.45, 7) is 8.00. The average molecular weight is 368 g/mol. The molecule has 0 saturated heterocycles. The minimum absolute atomic E-state index is 0.290. The van der Waals surface area contributed by atoms with Crippen molar-refractivity contribution in [3.8, 4) is 5.75 Å². The summed E-state index contributed by atoms with van der Waals surface area (Å²) in [4.78, 5) is 10.0. The average Bonchev–Trinajstić information content (AvgIpc) is 2.90. The lowest BCUT2D eigenvalue weighted by molar-refractivity contribution is 0.318. The van der Waals surface area contributed by atoms with Gasteiger partial charge in [-0.2, -0.15) is 0 Å². The fraction of sp³-hybridized carbons (Fsp3) is 0.412. The van der Waals surface area contributed by atoms with Crippen molar-refractivity contribution < 1.29 is 13.5 Å². The predicted octanol–water partition coefficient (Wildman–Crippen LogP) is 3.17. The van der Waals surface area contributed by atoms with Crippen LogP contribution < -0.4 is 15.4 Å². The Bertz CT molecular complexity index is 733. The molecule has 0 aliphatic carbocycles. The number of ether oxygens (including phenoxy) is 1. The molecule has 5 nitrogen and oxygen atoms in total. The van der Waals surface area contributed by atoms with Gasteiger partial charge in [-0.1, -0.05) is 0 Å². The van der Waals surface area contributed by atoms with Crippen LogP contribution in [0.1, 0.15) is 22.5 Å². The van der Waals surface area contributed by atoms with Crippen molar-refractivity contribution in [3.05, 3.63) is 45.4 Å². The quantitative estimate of drug-likeness (QED) is 0.448. The number of nitrogens with zero attached hydrogens (tertiary/aromatic N) is 2. The van der Waals surface area contributed by atoms with Crippen LogP contribution in [0.5, 0.6) is 5.75 Å². The van der Waals surface area contributed by atoms with Crippen LogP contribution in [0.3, 0.4) is 0 Å². The number of hydrogen-bond donors (Lipinski definition) is 2. The van der Waals surface area contributed by atoms with Gasteiger partial charge in [0.05, 0.1) is 23.8 Å². The molecule has 1 heterocycles. The highest BCUT2D eigenvalue weighted by Gasteiger charge is 2.05. The van der Waals surface area contributed by atoms with E-state index in [0.717, 1.165) is 34.3 Å². The van der Waals surface area contributed by atoms with E-state index in [9.17, 15) is 8.78 Å². The molecule has 1 aromatic carbocycles. The van der Waals surface area contributed by atoms with Crippen LogP contribution in [0.4, 0.5) is 8.78 Å². The van der Waals surface area contributed by atoms with Crippen molar-refractivity contribution in [2.24, 2.45) is 4.99 Å². The van der Waals surface area contributed by atoms with Crippen molar-refractivity contribution in [1.29, 1.82) is 0 Å². The molecule has 2 rings (SSSR count). The Morgan fingerprint density at radius 3 is 2.68 bits per heavy atom.